The standard InChI is InChI=1S/C9H14N2O2/c1-9(8(10)12,11(2)3)7-4-5-13-6-7/h4-6H,1-3H3,(H2,10,12). The van der Waals surface area contributed by atoms with E-state index in [-0.39, 0.29) is 5.91 Å². The number of primary amides is 1. The maximum atomic E-state index is 11.3. The molecule has 1 unspecified atom stereocenters. The summed E-state index contributed by atoms with van der Waals surface area (Å²) in [5, 5.41) is 0. The summed E-state index contributed by atoms with van der Waals surface area (Å²) in [7, 11) is 3.61. The van der Waals surface area contributed by atoms with Crippen LogP contribution in [0, 0.1) is 0 Å². The van der Waals surface area contributed by atoms with E-state index in [1.807, 2.05) is 0 Å². The fourth-order valence-corrected chi connectivity index (χ4v) is 1.16. The summed E-state index contributed by atoms with van der Waals surface area (Å²) in [5.41, 5.74) is 5.31. The number of likely N-dealkylation sites (N-methyl/N-ethyl adjacent to an activating group) is 1. The minimum absolute atomic E-state index is 0.390. The SMILES string of the molecule is CN(C)C(C)(C(N)=O)c1ccoc1. The lowest BCUT2D eigenvalue weighted by Crippen LogP contribution is -2.49. The van der Waals surface area contributed by atoms with E-state index < -0.39 is 5.54 Å². The molecule has 72 valence electrons. The maximum Gasteiger partial charge on any atom is 0.242 e. The Bertz CT molecular complexity index is 293. The Labute approximate surface area is 77.3 Å². The third-order valence-corrected chi connectivity index (χ3v) is 2.46. The van der Waals surface area contributed by atoms with Crippen LogP contribution in [0.3, 0.4) is 0 Å². The maximum absolute atomic E-state index is 11.3. The molecule has 0 bridgehead atoms. The Morgan fingerprint density at radius 1 is 1.62 bits per heavy atom. The summed E-state index contributed by atoms with van der Waals surface area (Å²) >= 11 is 0. The van der Waals surface area contributed by atoms with Crippen molar-refractivity contribution in [3.8, 4) is 0 Å². The molecule has 0 saturated carbocycles. The van der Waals surface area contributed by atoms with Crippen LogP contribution in [0.15, 0.2) is 23.0 Å². The molecule has 0 aliphatic carbocycles. The quantitative estimate of drug-likeness (QED) is 0.742. The van der Waals surface area contributed by atoms with Gasteiger partial charge in [-0.3, -0.25) is 9.69 Å². The van der Waals surface area contributed by atoms with Gasteiger partial charge in [0.1, 0.15) is 5.54 Å². The van der Waals surface area contributed by atoms with E-state index in [0.717, 1.165) is 5.56 Å². The number of carbonyl (C=O) groups is 1. The van der Waals surface area contributed by atoms with E-state index in [1.165, 1.54) is 12.5 Å². The lowest BCUT2D eigenvalue weighted by molar-refractivity contribution is -0.128. The predicted molar refractivity (Wildman–Crippen MR) is 48.9 cm³/mol. The predicted octanol–water partition coefficient (Wildman–Crippen LogP) is 0.542. The summed E-state index contributed by atoms with van der Waals surface area (Å²) in [4.78, 5) is 13.1. The van der Waals surface area contributed by atoms with Crippen LogP contribution in [0.1, 0.15) is 12.5 Å². The minimum Gasteiger partial charge on any atom is -0.472 e. The Hall–Kier alpha value is -1.29. The topological polar surface area (TPSA) is 59.5 Å². The van der Waals surface area contributed by atoms with Crippen LogP contribution in [0.5, 0.6) is 0 Å². The van der Waals surface area contributed by atoms with Crippen LogP contribution in [0.4, 0.5) is 0 Å². The molecule has 1 atom stereocenters. The van der Waals surface area contributed by atoms with Gasteiger partial charge in [-0.1, -0.05) is 0 Å². The van der Waals surface area contributed by atoms with Crippen molar-refractivity contribution in [1.82, 2.24) is 4.90 Å². The summed E-state index contributed by atoms with van der Waals surface area (Å²) in [6, 6.07) is 1.74. The third kappa shape index (κ3) is 1.45. The van der Waals surface area contributed by atoms with Crippen LogP contribution < -0.4 is 5.73 Å². The second kappa shape index (κ2) is 3.22. The van der Waals surface area contributed by atoms with Crippen molar-refractivity contribution in [2.24, 2.45) is 5.73 Å². The van der Waals surface area contributed by atoms with Crippen molar-refractivity contribution in [2.45, 2.75) is 12.5 Å². The van der Waals surface area contributed by atoms with Crippen LogP contribution in [0.2, 0.25) is 0 Å². The normalized spacial score (nSPS) is 15.7. The molecule has 1 aromatic heterocycles. The number of hydrogen-bond donors (Lipinski definition) is 1. The molecule has 1 amide bonds. The molecule has 4 nitrogen and oxygen atoms in total. The molecule has 0 fully saturated rings. The first-order valence-corrected chi connectivity index (χ1v) is 3.99. The lowest BCUT2D eigenvalue weighted by atomic mass is 9.92. The molecule has 1 rings (SSSR count). The largest absolute Gasteiger partial charge is 0.472 e. The van der Waals surface area contributed by atoms with Crippen LogP contribution in [0.25, 0.3) is 0 Å². The van der Waals surface area contributed by atoms with Crippen LogP contribution in [-0.4, -0.2) is 24.9 Å². The Balaban J connectivity index is 3.13. The highest BCUT2D eigenvalue weighted by atomic mass is 16.3. The van der Waals surface area contributed by atoms with Crippen molar-refractivity contribution >= 4 is 5.91 Å². The molecule has 4 heteroatoms. The van der Waals surface area contributed by atoms with Gasteiger partial charge < -0.3 is 10.2 Å². The van der Waals surface area contributed by atoms with Gasteiger partial charge in [-0.2, -0.15) is 0 Å². The fraction of sp³-hybridized carbons (Fsp3) is 0.444. The van der Waals surface area contributed by atoms with Crippen LogP contribution >= 0.6 is 0 Å². The first-order valence-electron chi connectivity index (χ1n) is 3.99. The average Bonchev–Trinajstić information content (AvgIpc) is 2.54. The first-order chi connectivity index (χ1) is 5.99. The highest BCUT2D eigenvalue weighted by molar-refractivity contribution is 5.85. The number of carbonyl (C=O) groups excluding carboxylic acids is 1. The number of amides is 1. The van der Waals surface area contributed by atoms with E-state index in [0.29, 0.717) is 0 Å². The van der Waals surface area contributed by atoms with E-state index in [9.17, 15) is 4.79 Å². The Morgan fingerprint density at radius 2 is 2.23 bits per heavy atom. The zero-order valence-corrected chi connectivity index (χ0v) is 8.07. The molecule has 2 N–H and O–H groups in total. The molecule has 0 aliphatic rings. The van der Waals surface area contributed by atoms with Gasteiger partial charge in [0, 0.05) is 5.56 Å². The molecule has 0 radical (unpaired) electrons. The monoisotopic (exact) mass is 182 g/mol. The van der Waals surface area contributed by atoms with Gasteiger partial charge in [0.2, 0.25) is 5.91 Å². The van der Waals surface area contributed by atoms with Gasteiger partial charge in [-0.25, -0.2) is 0 Å². The summed E-state index contributed by atoms with van der Waals surface area (Å²) < 4.78 is 4.93. The van der Waals surface area contributed by atoms with E-state index >= 15 is 0 Å². The van der Waals surface area contributed by atoms with Gasteiger partial charge in [0.05, 0.1) is 12.5 Å². The fourth-order valence-electron chi connectivity index (χ4n) is 1.16. The number of rotatable bonds is 3. The van der Waals surface area contributed by atoms with Crippen molar-refractivity contribution in [3.63, 3.8) is 0 Å². The van der Waals surface area contributed by atoms with E-state index in [1.54, 1.807) is 32.0 Å². The Morgan fingerprint density at radius 3 is 2.54 bits per heavy atom. The molecular weight excluding hydrogens is 168 g/mol. The minimum atomic E-state index is -0.799. The molecule has 0 aliphatic heterocycles. The molecule has 1 heterocycles. The van der Waals surface area contributed by atoms with E-state index in [4.69, 9.17) is 10.2 Å². The molecule has 1 aromatic rings. The number of furan rings is 1. The summed E-state index contributed by atoms with van der Waals surface area (Å²) in [6.45, 7) is 1.76. The zero-order valence-electron chi connectivity index (χ0n) is 8.07. The molecule has 0 spiro atoms. The Kier molecular flexibility index (Phi) is 2.43. The summed E-state index contributed by atoms with van der Waals surface area (Å²) in [6.07, 6.45) is 3.06. The van der Waals surface area contributed by atoms with Gasteiger partial charge >= 0.3 is 0 Å². The number of nitrogens with zero attached hydrogens (tertiary/aromatic N) is 1. The number of nitrogens with two attached hydrogens (primary N) is 1. The third-order valence-electron chi connectivity index (χ3n) is 2.46. The number of hydrogen-bond acceptors (Lipinski definition) is 3. The first kappa shape index (κ1) is 9.80. The van der Waals surface area contributed by atoms with Gasteiger partial charge in [0.25, 0.3) is 0 Å². The van der Waals surface area contributed by atoms with Crippen molar-refractivity contribution < 1.29 is 9.21 Å². The highest BCUT2D eigenvalue weighted by Crippen LogP contribution is 2.25. The van der Waals surface area contributed by atoms with Crippen molar-refractivity contribution in [1.29, 1.82) is 0 Å². The molecule has 0 saturated heterocycles. The zero-order chi connectivity index (χ0) is 10.1. The molecule has 0 aromatic carbocycles. The van der Waals surface area contributed by atoms with Crippen LogP contribution in [-0.2, 0) is 10.3 Å². The lowest BCUT2D eigenvalue weighted by Gasteiger charge is -2.32. The van der Waals surface area contributed by atoms with Crippen molar-refractivity contribution in [3.05, 3.63) is 24.2 Å². The average molecular weight is 182 g/mol. The summed E-state index contributed by atoms with van der Waals surface area (Å²) in [5.74, 6) is -0.390. The smallest absolute Gasteiger partial charge is 0.242 e. The second-order valence-corrected chi connectivity index (χ2v) is 3.34. The van der Waals surface area contributed by atoms with E-state index in [2.05, 4.69) is 0 Å². The van der Waals surface area contributed by atoms with Crippen molar-refractivity contribution in [2.75, 3.05) is 14.1 Å². The van der Waals surface area contributed by atoms with Gasteiger partial charge in [-0.15, -0.1) is 0 Å². The molecule has 13 heavy (non-hydrogen) atoms. The second-order valence-electron chi connectivity index (χ2n) is 3.34. The highest BCUT2D eigenvalue weighted by Gasteiger charge is 2.36. The van der Waals surface area contributed by atoms with Gasteiger partial charge in [0.15, 0.2) is 0 Å². The van der Waals surface area contributed by atoms with Gasteiger partial charge in [-0.05, 0) is 27.1 Å². The molecular formula is C9H14N2O2.